The number of para-hydroxylation sites is 1. The van der Waals surface area contributed by atoms with Crippen LogP contribution in [0.4, 0.5) is 4.39 Å². The van der Waals surface area contributed by atoms with E-state index in [9.17, 15) is 14.0 Å². The molecule has 3 rings (SSSR count). The van der Waals surface area contributed by atoms with Crippen molar-refractivity contribution in [2.45, 2.75) is 0 Å². The van der Waals surface area contributed by atoms with Crippen LogP contribution in [0.1, 0.15) is 10.4 Å². The highest BCUT2D eigenvalue weighted by molar-refractivity contribution is 6.32. The van der Waals surface area contributed by atoms with Gasteiger partial charge in [-0.1, -0.05) is 17.7 Å². The Morgan fingerprint density at radius 1 is 1.29 bits per heavy atom. The molecule has 0 saturated heterocycles. The van der Waals surface area contributed by atoms with Crippen molar-refractivity contribution in [3.8, 4) is 5.69 Å². The van der Waals surface area contributed by atoms with Gasteiger partial charge in [-0.15, -0.1) is 0 Å². The van der Waals surface area contributed by atoms with Gasteiger partial charge in [0.25, 0.3) is 0 Å². The molecule has 2 N–H and O–H groups in total. The number of fused-ring (bicyclic) bond motifs is 1. The fourth-order valence-electron chi connectivity index (χ4n) is 2.20. The highest BCUT2D eigenvalue weighted by atomic mass is 35.5. The topological polar surface area (TPSA) is 75.1 Å². The number of nitrogens with one attached hydrogen (secondary N) is 1. The number of imidazole rings is 1. The van der Waals surface area contributed by atoms with E-state index in [1.54, 1.807) is 6.07 Å². The van der Waals surface area contributed by atoms with Crippen molar-refractivity contribution in [3.05, 3.63) is 63.3 Å². The second kappa shape index (κ2) is 4.75. The summed E-state index contributed by atoms with van der Waals surface area (Å²) in [6, 6.07) is 8.05. The molecule has 3 aromatic rings. The van der Waals surface area contributed by atoms with Crippen LogP contribution < -0.4 is 5.69 Å². The molecule has 21 heavy (non-hydrogen) atoms. The minimum atomic E-state index is -1.17. The Balaban J connectivity index is 2.42. The summed E-state index contributed by atoms with van der Waals surface area (Å²) in [6.07, 6.45) is 0. The van der Waals surface area contributed by atoms with E-state index < -0.39 is 17.5 Å². The van der Waals surface area contributed by atoms with Crippen LogP contribution in [0.15, 0.2) is 41.2 Å². The maximum absolute atomic E-state index is 13.4. The van der Waals surface area contributed by atoms with Crippen LogP contribution in [-0.2, 0) is 0 Å². The second-order valence-electron chi connectivity index (χ2n) is 4.37. The molecule has 0 saturated carbocycles. The van der Waals surface area contributed by atoms with E-state index in [1.165, 1.54) is 24.3 Å². The number of aromatic amines is 1. The number of hydrogen-bond acceptors (Lipinski definition) is 2. The van der Waals surface area contributed by atoms with Crippen molar-refractivity contribution in [1.82, 2.24) is 9.55 Å². The normalized spacial score (nSPS) is 11.0. The lowest BCUT2D eigenvalue weighted by molar-refractivity contribution is 0.0699. The van der Waals surface area contributed by atoms with Crippen LogP contribution in [0, 0.1) is 5.82 Å². The maximum atomic E-state index is 13.4. The Hall–Kier alpha value is -2.60. The summed E-state index contributed by atoms with van der Waals surface area (Å²) in [6.45, 7) is 0. The quantitative estimate of drug-likeness (QED) is 0.764. The van der Waals surface area contributed by atoms with Crippen molar-refractivity contribution in [3.63, 3.8) is 0 Å². The summed E-state index contributed by atoms with van der Waals surface area (Å²) in [5.41, 5.74) is -0.0136. The van der Waals surface area contributed by atoms with Gasteiger partial charge in [-0.3, -0.25) is 4.57 Å². The standard InChI is InChI=1S/C14H8ClFN2O3/c15-9-5-4-7(16)6-11(9)18-10-3-1-2-8(13(19)20)12(10)17-14(18)21/h1-6H,(H,17,21)(H,19,20). The zero-order chi connectivity index (χ0) is 15.1. The highest BCUT2D eigenvalue weighted by Gasteiger charge is 2.17. The van der Waals surface area contributed by atoms with Gasteiger partial charge in [0.1, 0.15) is 5.82 Å². The van der Waals surface area contributed by atoms with E-state index >= 15 is 0 Å². The number of benzene rings is 2. The summed E-state index contributed by atoms with van der Waals surface area (Å²) < 4.78 is 14.5. The molecule has 0 radical (unpaired) electrons. The van der Waals surface area contributed by atoms with Crippen molar-refractivity contribution in [2.75, 3.05) is 0 Å². The molecule has 0 aliphatic rings. The number of halogens is 2. The summed E-state index contributed by atoms with van der Waals surface area (Å²) in [4.78, 5) is 25.8. The third kappa shape index (κ3) is 2.09. The minimum Gasteiger partial charge on any atom is -0.478 e. The number of carbonyl (C=O) groups is 1. The van der Waals surface area contributed by atoms with Gasteiger partial charge in [-0.2, -0.15) is 0 Å². The SMILES string of the molecule is O=C(O)c1cccc2c1[nH]c(=O)n2-c1cc(F)ccc1Cl. The number of H-pyrrole nitrogens is 1. The van der Waals surface area contributed by atoms with Gasteiger partial charge < -0.3 is 10.1 Å². The van der Waals surface area contributed by atoms with E-state index in [0.29, 0.717) is 5.52 Å². The third-order valence-corrected chi connectivity index (χ3v) is 3.42. The number of aromatic carboxylic acids is 1. The van der Waals surface area contributed by atoms with Crippen molar-refractivity contribution >= 4 is 28.6 Å². The van der Waals surface area contributed by atoms with Crippen LogP contribution in [-0.4, -0.2) is 20.6 Å². The molecule has 2 aromatic carbocycles. The first-order valence-corrected chi connectivity index (χ1v) is 6.29. The molecule has 5 nitrogen and oxygen atoms in total. The fourth-order valence-corrected chi connectivity index (χ4v) is 2.41. The molecule has 106 valence electrons. The van der Waals surface area contributed by atoms with Crippen LogP contribution >= 0.6 is 11.6 Å². The van der Waals surface area contributed by atoms with E-state index in [1.807, 2.05) is 0 Å². The molecule has 0 aliphatic heterocycles. The molecule has 7 heteroatoms. The largest absolute Gasteiger partial charge is 0.478 e. The first kappa shape index (κ1) is 13.4. The number of rotatable bonds is 2. The Bertz CT molecular complexity index is 930. The minimum absolute atomic E-state index is 0.0455. The number of aromatic nitrogens is 2. The average Bonchev–Trinajstić information content (AvgIpc) is 2.77. The molecule has 1 heterocycles. The molecule has 0 spiro atoms. The van der Waals surface area contributed by atoms with Gasteiger partial charge in [0.05, 0.1) is 27.3 Å². The molecule has 0 bridgehead atoms. The smallest absolute Gasteiger partial charge is 0.337 e. The van der Waals surface area contributed by atoms with Gasteiger partial charge in [0.15, 0.2) is 0 Å². The van der Waals surface area contributed by atoms with Gasteiger partial charge in [0, 0.05) is 0 Å². The van der Waals surface area contributed by atoms with Crippen LogP contribution in [0.2, 0.25) is 5.02 Å². The van der Waals surface area contributed by atoms with E-state index in [4.69, 9.17) is 16.7 Å². The number of hydrogen-bond donors (Lipinski definition) is 2. The summed E-state index contributed by atoms with van der Waals surface area (Å²) >= 11 is 6.01. The van der Waals surface area contributed by atoms with Gasteiger partial charge in [-0.25, -0.2) is 14.0 Å². The highest BCUT2D eigenvalue weighted by Crippen LogP contribution is 2.25. The third-order valence-electron chi connectivity index (χ3n) is 3.10. The molecular weight excluding hydrogens is 299 g/mol. The number of nitrogens with zero attached hydrogens (tertiary/aromatic N) is 1. The molecule has 0 unspecified atom stereocenters. The Morgan fingerprint density at radius 3 is 2.76 bits per heavy atom. The molecule has 0 aliphatic carbocycles. The molecular formula is C14H8ClFN2O3. The maximum Gasteiger partial charge on any atom is 0.337 e. The predicted octanol–water partition coefficient (Wildman–Crippen LogP) is 2.81. The number of carboxylic acids is 1. The zero-order valence-corrected chi connectivity index (χ0v) is 11.2. The van der Waals surface area contributed by atoms with Crippen molar-refractivity contribution < 1.29 is 14.3 Å². The molecule has 0 fully saturated rings. The summed E-state index contributed by atoms with van der Waals surface area (Å²) in [5, 5.41) is 9.32. The molecule has 1 aromatic heterocycles. The number of carboxylic acid groups (broad SMARTS) is 1. The van der Waals surface area contributed by atoms with Crippen LogP contribution in [0.3, 0.4) is 0 Å². The lowest BCUT2D eigenvalue weighted by Gasteiger charge is -2.06. The van der Waals surface area contributed by atoms with Crippen LogP contribution in [0.5, 0.6) is 0 Å². The predicted molar refractivity (Wildman–Crippen MR) is 75.8 cm³/mol. The summed E-state index contributed by atoms with van der Waals surface area (Å²) in [7, 11) is 0. The van der Waals surface area contributed by atoms with E-state index in [2.05, 4.69) is 4.98 Å². The Kier molecular flexibility index (Phi) is 3.03. The first-order valence-electron chi connectivity index (χ1n) is 5.91. The average molecular weight is 307 g/mol. The first-order chi connectivity index (χ1) is 9.99. The van der Waals surface area contributed by atoms with Crippen molar-refractivity contribution in [1.29, 1.82) is 0 Å². The van der Waals surface area contributed by atoms with E-state index in [-0.39, 0.29) is 21.8 Å². The molecule has 0 amide bonds. The lowest BCUT2D eigenvalue weighted by atomic mass is 10.2. The Labute approximate surface area is 122 Å². The Morgan fingerprint density at radius 2 is 2.05 bits per heavy atom. The lowest BCUT2D eigenvalue weighted by Crippen LogP contribution is -2.15. The summed E-state index contributed by atoms with van der Waals surface area (Å²) in [5.74, 6) is -1.72. The zero-order valence-electron chi connectivity index (χ0n) is 10.4. The van der Waals surface area contributed by atoms with Gasteiger partial charge in [0.2, 0.25) is 0 Å². The van der Waals surface area contributed by atoms with Gasteiger partial charge in [-0.05, 0) is 30.3 Å². The molecule has 0 atom stereocenters. The van der Waals surface area contributed by atoms with Crippen LogP contribution in [0.25, 0.3) is 16.7 Å². The second-order valence-corrected chi connectivity index (χ2v) is 4.77. The van der Waals surface area contributed by atoms with Crippen molar-refractivity contribution in [2.24, 2.45) is 0 Å². The van der Waals surface area contributed by atoms with Gasteiger partial charge >= 0.3 is 11.7 Å². The monoisotopic (exact) mass is 306 g/mol. The van der Waals surface area contributed by atoms with E-state index in [0.717, 1.165) is 10.6 Å². The fraction of sp³-hybridized carbons (Fsp3) is 0.